The van der Waals surface area contributed by atoms with Crippen LogP contribution in [0.3, 0.4) is 0 Å². The van der Waals surface area contributed by atoms with Gasteiger partial charge in [0.1, 0.15) is 5.75 Å². The zero-order valence-corrected chi connectivity index (χ0v) is 16.0. The van der Waals surface area contributed by atoms with Crippen molar-refractivity contribution in [3.8, 4) is 5.75 Å². The van der Waals surface area contributed by atoms with Gasteiger partial charge in [-0.3, -0.25) is 9.00 Å². The Labute approximate surface area is 151 Å². The zero-order chi connectivity index (χ0) is 18.1. The molecule has 1 atom stereocenters. The fraction of sp³-hybridized carbons (Fsp3) is 0.562. The molecule has 0 radical (unpaired) electrons. The fourth-order valence-corrected chi connectivity index (χ4v) is 2.58. The summed E-state index contributed by atoms with van der Waals surface area (Å²) in [6.07, 6.45) is 1.60. The summed E-state index contributed by atoms with van der Waals surface area (Å²) in [6, 6.07) is 3.03. The van der Waals surface area contributed by atoms with Gasteiger partial charge in [0.05, 0.1) is 28.6 Å². The number of nitrogens with one attached hydrogen (secondary N) is 1. The summed E-state index contributed by atoms with van der Waals surface area (Å²) < 4.78 is 16.7. The topological polar surface area (TPSA) is 84.7 Å². The van der Waals surface area contributed by atoms with Gasteiger partial charge in [-0.15, -0.1) is 0 Å². The van der Waals surface area contributed by atoms with Crippen molar-refractivity contribution in [2.45, 2.75) is 13.8 Å². The van der Waals surface area contributed by atoms with Gasteiger partial charge in [0, 0.05) is 36.2 Å². The summed E-state index contributed by atoms with van der Waals surface area (Å²) in [4.78, 5) is 14.6. The normalized spacial score (nSPS) is 12.2. The number of hydrogen-bond acceptors (Lipinski definition) is 5. The number of hydrogen-bond donors (Lipinski definition) is 2. The van der Waals surface area contributed by atoms with Crippen molar-refractivity contribution in [1.29, 1.82) is 0 Å². The molecule has 1 unspecified atom stereocenters. The van der Waals surface area contributed by atoms with Crippen LogP contribution in [0.2, 0.25) is 5.02 Å². The first-order valence-electron chi connectivity index (χ1n) is 7.91. The van der Waals surface area contributed by atoms with E-state index in [1.54, 1.807) is 6.26 Å². The molecule has 0 aliphatic heterocycles. The Bertz CT molecular complexity index is 580. The lowest BCUT2D eigenvalue weighted by Gasteiger charge is -2.18. The Kier molecular flexibility index (Phi) is 9.10. The minimum atomic E-state index is -0.967. The van der Waals surface area contributed by atoms with E-state index < -0.39 is 10.8 Å². The number of benzene rings is 1. The van der Waals surface area contributed by atoms with E-state index in [2.05, 4.69) is 24.1 Å². The number of ether oxygens (including phenoxy) is 1. The van der Waals surface area contributed by atoms with Gasteiger partial charge in [-0.2, -0.15) is 0 Å². The third-order valence-corrected chi connectivity index (χ3v) is 4.65. The van der Waals surface area contributed by atoms with Gasteiger partial charge in [-0.25, -0.2) is 0 Å². The molecule has 0 spiro atoms. The van der Waals surface area contributed by atoms with E-state index in [1.807, 2.05) is 0 Å². The maximum Gasteiger partial charge on any atom is 0.255 e. The molecule has 0 aliphatic rings. The van der Waals surface area contributed by atoms with Crippen LogP contribution >= 0.6 is 11.6 Å². The molecule has 24 heavy (non-hydrogen) atoms. The number of nitrogen functional groups attached to an aromatic ring is 1. The Balaban J connectivity index is 2.77. The van der Waals surface area contributed by atoms with E-state index in [-0.39, 0.29) is 12.5 Å². The second-order valence-corrected chi connectivity index (χ2v) is 7.24. The first-order chi connectivity index (χ1) is 11.4. The van der Waals surface area contributed by atoms with Gasteiger partial charge >= 0.3 is 0 Å². The van der Waals surface area contributed by atoms with E-state index in [9.17, 15) is 9.00 Å². The largest absolute Gasteiger partial charge is 0.492 e. The van der Waals surface area contributed by atoms with Crippen molar-refractivity contribution >= 4 is 34.0 Å². The Morgan fingerprint density at radius 2 is 2.04 bits per heavy atom. The van der Waals surface area contributed by atoms with Crippen LogP contribution in [0.1, 0.15) is 24.2 Å². The Hall–Kier alpha value is -1.31. The highest BCUT2D eigenvalue weighted by atomic mass is 35.5. The third kappa shape index (κ3) is 6.67. The van der Waals surface area contributed by atoms with Gasteiger partial charge in [0.15, 0.2) is 0 Å². The van der Waals surface area contributed by atoms with Crippen LogP contribution in [0.4, 0.5) is 5.69 Å². The average molecular weight is 376 g/mol. The van der Waals surface area contributed by atoms with E-state index in [1.165, 1.54) is 12.1 Å². The van der Waals surface area contributed by atoms with Gasteiger partial charge in [0.2, 0.25) is 0 Å². The van der Waals surface area contributed by atoms with Crippen molar-refractivity contribution in [2.24, 2.45) is 0 Å². The molecule has 8 heteroatoms. The summed E-state index contributed by atoms with van der Waals surface area (Å²) in [7, 11) is -0.967. The highest BCUT2D eigenvalue weighted by Gasteiger charge is 2.16. The first-order valence-corrected chi connectivity index (χ1v) is 10.0. The molecule has 0 heterocycles. The summed E-state index contributed by atoms with van der Waals surface area (Å²) >= 11 is 6.03. The minimum Gasteiger partial charge on any atom is -0.492 e. The van der Waals surface area contributed by atoms with Crippen molar-refractivity contribution in [1.82, 2.24) is 10.2 Å². The number of carbonyl (C=O) groups excluding carboxylic acids is 1. The number of nitrogens with zero attached hydrogens (tertiary/aromatic N) is 1. The summed E-state index contributed by atoms with van der Waals surface area (Å²) in [5.74, 6) is 0.463. The van der Waals surface area contributed by atoms with Crippen LogP contribution in [0.5, 0.6) is 5.75 Å². The number of anilines is 1. The monoisotopic (exact) mass is 375 g/mol. The van der Waals surface area contributed by atoms with Gasteiger partial charge in [0.25, 0.3) is 5.91 Å². The Morgan fingerprint density at radius 1 is 1.38 bits per heavy atom. The van der Waals surface area contributed by atoms with Gasteiger partial charge < -0.3 is 20.7 Å². The number of nitrogens with two attached hydrogens (primary N) is 1. The van der Waals surface area contributed by atoms with Gasteiger partial charge in [-0.05, 0) is 19.2 Å². The molecule has 1 rings (SSSR count). The molecule has 0 fully saturated rings. The van der Waals surface area contributed by atoms with Crippen LogP contribution in [0.25, 0.3) is 0 Å². The predicted octanol–water partition coefficient (Wildman–Crippen LogP) is 1.75. The summed E-state index contributed by atoms with van der Waals surface area (Å²) in [5, 5.41) is 3.17. The van der Waals surface area contributed by atoms with Gasteiger partial charge in [-0.1, -0.05) is 25.4 Å². The molecular formula is C16H26ClN3O3S. The summed E-state index contributed by atoms with van der Waals surface area (Å²) in [6.45, 7) is 7.56. The van der Waals surface area contributed by atoms with Crippen LogP contribution in [-0.4, -0.2) is 59.8 Å². The maximum atomic E-state index is 12.4. The quantitative estimate of drug-likeness (QED) is 0.608. The number of carbonyl (C=O) groups is 1. The van der Waals surface area contributed by atoms with E-state index in [0.717, 1.165) is 19.6 Å². The molecular weight excluding hydrogens is 350 g/mol. The molecule has 1 aromatic carbocycles. The van der Waals surface area contributed by atoms with Crippen molar-refractivity contribution < 1.29 is 13.7 Å². The number of halogens is 1. The van der Waals surface area contributed by atoms with Crippen molar-refractivity contribution in [2.75, 3.05) is 50.5 Å². The van der Waals surface area contributed by atoms with E-state index in [0.29, 0.717) is 34.3 Å². The maximum absolute atomic E-state index is 12.4. The van der Waals surface area contributed by atoms with Crippen LogP contribution < -0.4 is 15.8 Å². The highest BCUT2D eigenvalue weighted by Crippen LogP contribution is 2.29. The van der Waals surface area contributed by atoms with Crippen LogP contribution in [0, 0.1) is 0 Å². The lowest BCUT2D eigenvalue weighted by Crippen LogP contribution is -2.35. The standard InChI is InChI=1S/C16H26ClN3O3S/c1-4-20(5-2)7-6-19-16(21)12-10-13(17)14(18)11-15(12)23-8-9-24(3)22/h10-11H,4-9,18H2,1-3H3,(H,19,21). The van der Waals surface area contributed by atoms with Crippen LogP contribution in [0.15, 0.2) is 12.1 Å². The molecule has 0 bridgehead atoms. The number of amides is 1. The lowest BCUT2D eigenvalue weighted by molar-refractivity contribution is 0.0945. The van der Waals surface area contributed by atoms with Crippen molar-refractivity contribution in [3.05, 3.63) is 22.7 Å². The first kappa shape index (κ1) is 20.7. The smallest absolute Gasteiger partial charge is 0.255 e. The molecule has 0 aliphatic carbocycles. The molecule has 136 valence electrons. The number of rotatable bonds is 10. The van der Waals surface area contributed by atoms with E-state index in [4.69, 9.17) is 22.1 Å². The molecule has 6 nitrogen and oxygen atoms in total. The fourth-order valence-electron chi connectivity index (χ4n) is 2.10. The highest BCUT2D eigenvalue weighted by molar-refractivity contribution is 7.84. The third-order valence-electron chi connectivity index (χ3n) is 3.58. The molecule has 0 aromatic heterocycles. The predicted molar refractivity (Wildman–Crippen MR) is 100 cm³/mol. The lowest BCUT2D eigenvalue weighted by atomic mass is 10.1. The second-order valence-electron chi connectivity index (χ2n) is 5.28. The molecule has 0 saturated heterocycles. The number of likely N-dealkylation sites (N-methyl/N-ethyl adjacent to an activating group) is 1. The minimum absolute atomic E-state index is 0.240. The molecule has 1 aromatic rings. The molecule has 0 saturated carbocycles. The van der Waals surface area contributed by atoms with Crippen molar-refractivity contribution in [3.63, 3.8) is 0 Å². The zero-order valence-electron chi connectivity index (χ0n) is 14.4. The molecule has 1 amide bonds. The second kappa shape index (κ2) is 10.5. The Morgan fingerprint density at radius 3 is 2.62 bits per heavy atom. The average Bonchev–Trinajstić information content (AvgIpc) is 2.54. The SMILES string of the molecule is CCN(CC)CCNC(=O)c1cc(Cl)c(N)cc1OCCS(C)=O. The van der Waals surface area contributed by atoms with E-state index >= 15 is 0 Å². The van der Waals surface area contributed by atoms with Crippen LogP contribution in [-0.2, 0) is 10.8 Å². The summed E-state index contributed by atoms with van der Waals surface area (Å²) in [5.41, 5.74) is 6.45. The molecule has 3 N–H and O–H groups in total.